The minimum absolute atomic E-state index is 0.196. The summed E-state index contributed by atoms with van der Waals surface area (Å²) in [5.41, 5.74) is 2.27. The van der Waals surface area contributed by atoms with Crippen LogP contribution in [0.1, 0.15) is 11.1 Å². The van der Waals surface area contributed by atoms with Crippen molar-refractivity contribution < 1.29 is 19.3 Å². The summed E-state index contributed by atoms with van der Waals surface area (Å²) in [7, 11) is 3.03. The number of ether oxygens (including phenoxy) is 3. The lowest BCUT2D eigenvalue weighted by molar-refractivity contribution is 0.279. The first kappa shape index (κ1) is 30.1. The van der Waals surface area contributed by atoms with E-state index in [0.29, 0.717) is 35.8 Å². The van der Waals surface area contributed by atoms with Gasteiger partial charge in [-0.25, -0.2) is 19.9 Å². The third kappa shape index (κ3) is 11.6. The predicted molar refractivity (Wildman–Crippen MR) is 145 cm³/mol. The number of nitrogens with zero attached hydrogens (tertiary/aromatic N) is 4. The van der Waals surface area contributed by atoms with Crippen LogP contribution in [0.15, 0.2) is 73.3 Å². The summed E-state index contributed by atoms with van der Waals surface area (Å²) < 4.78 is 15.3. The van der Waals surface area contributed by atoms with Gasteiger partial charge in [0.15, 0.2) is 5.15 Å². The molecule has 0 radical (unpaired) electrons. The van der Waals surface area contributed by atoms with Gasteiger partial charge < -0.3 is 19.3 Å². The molecule has 0 aliphatic rings. The van der Waals surface area contributed by atoms with E-state index in [-0.39, 0.29) is 6.61 Å². The van der Waals surface area contributed by atoms with Crippen molar-refractivity contribution in [1.29, 1.82) is 0 Å². The minimum atomic E-state index is 0.196. The molecule has 2 heterocycles. The van der Waals surface area contributed by atoms with Crippen LogP contribution in [0.5, 0.6) is 17.6 Å². The van der Waals surface area contributed by atoms with Gasteiger partial charge in [0.2, 0.25) is 0 Å². The lowest BCUT2D eigenvalue weighted by Gasteiger charge is -2.07. The summed E-state index contributed by atoms with van der Waals surface area (Å²) in [5, 5.41) is 10.3. The van der Waals surface area contributed by atoms with Crippen molar-refractivity contribution in [2.75, 3.05) is 27.4 Å². The zero-order valence-corrected chi connectivity index (χ0v) is 22.6. The average molecular weight is 566 g/mol. The van der Waals surface area contributed by atoms with Crippen LogP contribution < -0.4 is 14.2 Å². The van der Waals surface area contributed by atoms with Crippen molar-refractivity contribution in [3.05, 3.63) is 99.6 Å². The van der Waals surface area contributed by atoms with Crippen molar-refractivity contribution >= 4 is 34.8 Å². The Morgan fingerprint density at radius 3 is 1.54 bits per heavy atom. The third-order valence-corrected chi connectivity index (χ3v) is 5.26. The lowest BCUT2D eigenvalue weighted by Crippen LogP contribution is -2.04. The van der Waals surface area contributed by atoms with Gasteiger partial charge in [0, 0.05) is 47.9 Å². The molecule has 0 fully saturated rings. The standard InChI is InChI=1S/C13H13ClN2O2.C8H9ClO.C5H5ClN2O/c1-17-12-13(16-8-7-15-12)18-9-6-10-2-4-11(14)5-3-10;9-8-3-1-7(2-4-8)5-6-10;1-9-5-4(6)7-2-3-8-5/h2-5,7-8H,6,9H2,1H3;1-4,10H,5-6H2;2-3H,1H3. The summed E-state index contributed by atoms with van der Waals surface area (Å²) in [6.45, 7) is 0.707. The molecule has 0 saturated heterocycles. The fraction of sp³-hybridized carbons (Fsp3) is 0.231. The van der Waals surface area contributed by atoms with Crippen LogP contribution in [0.2, 0.25) is 15.2 Å². The molecule has 0 unspecified atom stereocenters. The molecule has 4 aromatic rings. The summed E-state index contributed by atoms with van der Waals surface area (Å²) >= 11 is 17.0. The van der Waals surface area contributed by atoms with Gasteiger partial charge in [-0.05, 0) is 41.8 Å². The van der Waals surface area contributed by atoms with E-state index in [1.807, 2.05) is 48.5 Å². The van der Waals surface area contributed by atoms with E-state index in [9.17, 15) is 0 Å². The maximum atomic E-state index is 8.56. The Morgan fingerprint density at radius 1 is 0.622 bits per heavy atom. The van der Waals surface area contributed by atoms with Crippen LogP contribution in [0, 0.1) is 0 Å². The molecule has 0 spiro atoms. The van der Waals surface area contributed by atoms with Gasteiger partial charge in [-0.15, -0.1) is 0 Å². The molecule has 4 rings (SSSR count). The maximum absolute atomic E-state index is 8.56. The molecule has 196 valence electrons. The number of aromatic nitrogens is 4. The molecule has 0 aliphatic heterocycles. The number of aliphatic hydroxyl groups excluding tert-OH is 1. The van der Waals surface area contributed by atoms with Crippen molar-refractivity contribution in [3.8, 4) is 17.6 Å². The molecule has 37 heavy (non-hydrogen) atoms. The van der Waals surface area contributed by atoms with Crippen molar-refractivity contribution in [1.82, 2.24) is 19.9 Å². The molecule has 0 atom stereocenters. The zero-order valence-electron chi connectivity index (χ0n) is 20.4. The highest BCUT2D eigenvalue weighted by Crippen LogP contribution is 2.19. The van der Waals surface area contributed by atoms with Crippen LogP contribution in [0.25, 0.3) is 0 Å². The smallest absolute Gasteiger partial charge is 0.278 e. The molecule has 2 aromatic heterocycles. The van der Waals surface area contributed by atoms with Crippen molar-refractivity contribution in [3.63, 3.8) is 0 Å². The molecule has 0 amide bonds. The van der Waals surface area contributed by atoms with Gasteiger partial charge in [-0.2, -0.15) is 0 Å². The maximum Gasteiger partial charge on any atom is 0.278 e. The molecule has 8 nitrogen and oxygen atoms in total. The topological polar surface area (TPSA) is 99.5 Å². The Labute approximate surface area is 231 Å². The largest absolute Gasteiger partial charge is 0.479 e. The normalized spacial score (nSPS) is 9.78. The van der Waals surface area contributed by atoms with Gasteiger partial charge in [0.05, 0.1) is 20.8 Å². The van der Waals surface area contributed by atoms with E-state index in [2.05, 4.69) is 19.9 Å². The second kappa shape index (κ2) is 17.3. The van der Waals surface area contributed by atoms with Gasteiger partial charge in [-0.3, -0.25) is 0 Å². The Balaban J connectivity index is 0.000000214. The molecule has 1 N–H and O–H groups in total. The van der Waals surface area contributed by atoms with Crippen molar-refractivity contribution in [2.24, 2.45) is 0 Å². The van der Waals surface area contributed by atoms with E-state index in [0.717, 1.165) is 27.6 Å². The highest BCUT2D eigenvalue weighted by Gasteiger charge is 2.06. The van der Waals surface area contributed by atoms with Gasteiger partial charge in [0.25, 0.3) is 17.6 Å². The average Bonchev–Trinajstić information content (AvgIpc) is 2.92. The fourth-order valence-electron chi connectivity index (χ4n) is 2.69. The second-order valence-electron chi connectivity index (χ2n) is 7.05. The Kier molecular flexibility index (Phi) is 14.1. The highest BCUT2D eigenvalue weighted by molar-refractivity contribution is 6.31. The second-order valence-corrected chi connectivity index (χ2v) is 8.28. The Hall–Kier alpha value is -3.17. The fourth-order valence-corrected chi connectivity index (χ4v) is 3.13. The van der Waals surface area contributed by atoms with Gasteiger partial charge >= 0.3 is 0 Å². The molecular weight excluding hydrogens is 539 g/mol. The number of methoxy groups -OCH3 is 2. The van der Waals surface area contributed by atoms with Crippen molar-refractivity contribution in [2.45, 2.75) is 12.8 Å². The Morgan fingerprint density at radius 2 is 1.08 bits per heavy atom. The lowest BCUT2D eigenvalue weighted by atomic mass is 10.2. The summed E-state index contributed by atoms with van der Waals surface area (Å²) in [4.78, 5) is 15.6. The summed E-state index contributed by atoms with van der Waals surface area (Å²) in [6, 6.07) is 15.1. The van der Waals surface area contributed by atoms with E-state index in [4.69, 9.17) is 54.1 Å². The van der Waals surface area contributed by atoms with Crippen LogP contribution in [-0.4, -0.2) is 52.5 Å². The van der Waals surface area contributed by atoms with Gasteiger partial charge in [-0.1, -0.05) is 59.1 Å². The SMILES string of the molecule is COc1nccnc1Cl.COc1nccnc1OCCc1ccc(Cl)cc1.OCCc1ccc(Cl)cc1. The van der Waals surface area contributed by atoms with Crippen LogP contribution in [-0.2, 0) is 12.8 Å². The molecule has 11 heteroatoms. The highest BCUT2D eigenvalue weighted by atomic mass is 35.5. The zero-order chi connectivity index (χ0) is 26.9. The first-order chi connectivity index (χ1) is 18.0. The molecular formula is C26H27Cl3N4O4. The molecule has 2 aromatic carbocycles. The number of hydrogen-bond acceptors (Lipinski definition) is 8. The first-order valence-corrected chi connectivity index (χ1v) is 12.2. The monoisotopic (exact) mass is 564 g/mol. The van der Waals surface area contributed by atoms with Crippen LogP contribution in [0.4, 0.5) is 0 Å². The number of hydrogen-bond donors (Lipinski definition) is 1. The van der Waals surface area contributed by atoms with E-state index in [1.165, 1.54) is 26.6 Å². The number of benzene rings is 2. The number of rotatable bonds is 8. The minimum Gasteiger partial charge on any atom is -0.479 e. The molecule has 0 bridgehead atoms. The molecule has 0 saturated carbocycles. The third-order valence-electron chi connectivity index (χ3n) is 4.50. The van der Waals surface area contributed by atoms with Crippen LogP contribution in [0.3, 0.4) is 0 Å². The number of aliphatic hydroxyl groups is 1. The first-order valence-electron chi connectivity index (χ1n) is 11.0. The van der Waals surface area contributed by atoms with E-state index in [1.54, 1.807) is 12.4 Å². The van der Waals surface area contributed by atoms with Crippen LogP contribution >= 0.6 is 34.8 Å². The van der Waals surface area contributed by atoms with E-state index >= 15 is 0 Å². The Bertz CT molecular complexity index is 1180. The molecule has 0 aliphatic carbocycles. The quantitative estimate of drug-likeness (QED) is 0.287. The van der Waals surface area contributed by atoms with E-state index < -0.39 is 0 Å². The summed E-state index contributed by atoms with van der Waals surface area (Å²) in [5.74, 6) is 1.17. The van der Waals surface area contributed by atoms with Gasteiger partial charge in [0.1, 0.15) is 0 Å². The summed E-state index contributed by atoms with van der Waals surface area (Å²) in [6.07, 6.45) is 7.63. The number of halogens is 3. The predicted octanol–water partition coefficient (Wildman–Crippen LogP) is 5.77.